The second kappa shape index (κ2) is 8.76. The number of carbonyl (C=O) groups is 2. The molecule has 3 aromatic rings. The van der Waals surface area contributed by atoms with Crippen LogP contribution >= 0.6 is 0 Å². The Morgan fingerprint density at radius 1 is 0.710 bits per heavy atom. The number of fused-ring (bicyclic) bond motifs is 5. The molecule has 5 rings (SSSR count). The Morgan fingerprint density at radius 3 is 2.26 bits per heavy atom. The summed E-state index contributed by atoms with van der Waals surface area (Å²) in [6, 6.07) is 17.7. The third-order valence-corrected chi connectivity index (χ3v) is 6.32. The Balaban J connectivity index is 0.000000159. The average molecular weight is 415 g/mol. The summed E-state index contributed by atoms with van der Waals surface area (Å²) in [6.07, 6.45) is 7.83. The van der Waals surface area contributed by atoms with Gasteiger partial charge in [-0.15, -0.1) is 0 Å². The number of carboxylic acids is 2. The third kappa shape index (κ3) is 4.24. The summed E-state index contributed by atoms with van der Waals surface area (Å²) in [5, 5.41) is 17.3. The minimum Gasteiger partial charge on any atom is -0.478 e. The van der Waals surface area contributed by atoms with Crippen LogP contribution in [0.5, 0.6) is 0 Å². The summed E-state index contributed by atoms with van der Waals surface area (Å²) in [5.74, 6) is -2.23. The molecule has 0 radical (unpaired) electrons. The van der Waals surface area contributed by atoms with Crippen molar-refractivity contribution in [3.63, 3.8) is 0 Å². The van der Waals surface area contributed by atoms with Gasteiger partial charge < -0.3 is 10.2 Å². The molecular formula is C27H26O4. The summed E-state index contributed by atoms with van der Waals surface area (Å²) < 4.78 is 0. The molecule has 3 aromatic carbocycles. The van der Waals surface area contributed by atoms with Gasteiger partial charge >= 0.3 is 11.9 Å². The van der Waals surface area contributed by atoms with E-state index in [0.29, 0.717) is 5.56 Å². The van der Waals surface area contributed by atoms with E-state index in [1.54, 1.807) is 23.6 Å². The standard InChI is InChI=1S/C18H18.C9H8O4/c1-3-7-15-13(5-1)9-11-18-16-8-4-2-6-14(16)10-12-17(15)18;1-5-2-3-6(8(10)11)4-7(5)9(12)13/h1,3,5,7,10,12H,2,4,6,8-9,11H2;2-4H,1H3,(H,10,11)(H,12,13). The predicted octanol–water partition coefficient (Wildman–Crippen LogP) is 5.72. The Labute approximate surface area is 182 Å². The largest absolute Gasteiger partial charge is 0.478 e. The van der Waals surface area contributed by atoms with Crippen LogP contribution in [-0.4, -0.2) is 22.2 Å². The highest BCUT2D eigenvalue weighted by Crippen LogP contribution is 2.38. The van der Waals surface area contributed by atoms with Gasteiger partial charge in [0.15, 0.2) is 0 Å². The fourth-order valence-electron chi connectivity index (χ4n) is 4.69. The van der Waals surface area contributed by atoms with Gasteiger partial charge in [0, 0.05) is 0 Å². The van der Waals surface area contributed by atoms with Crippen molar-refractivity contribution in [1.29, 1.82) is 0 Å². The molecule has 2 N–H and O–H groups in total. The second-order valence-corrected chi connectivity index (χ2v) is 8.23. The van der Waals surface area contributed by atoms with Gasteiger partial charge in [-0.25, -0.2) is 9.59 Å². The number of benzene rings is 3. The van der Waals surface area contributed by atoms with Gasteiger partial charge in [0.05, 0.1) is 11.1 Å². The molecule has 0 bridgehead atoms. The normalized spacial score (nSPS) is 13.7. The molecule has 158 valence electrons. The number of rotatable bonds is 2. The molecule has 0 fully saturated rings. The first-order chi connectivity index (χ1) is 15.0. The highest BCUT2D eigenvalue weighted by Gasteiger charge is 2.21. The quantitative estimate of drug-likeness (QED) is 0.562. The first-order valence-corrected chi connectivity index (χ1v) is 10.7. The average Bonchev–Trinajstić information content (AvgIpc) is 2.79. The number of carboxylic acid groups (broad SMARTS) is 2. The zero-order chi connectivity index (χ0) is 22.0. The summed E-state index contributed by atoms with van der Waals surface area (Å²) in [7, 11) is 0. The lowest BCUT2D eigenvalue weighted by molar-refractivity contribution is 0.0695. The Hall–Kier alpha value is -3.40. The maximum absolute atomic E-state index is 10.6. The van der Waals surface area contributed by atoms with Crippen LogP contribution in [0.4, 0.5) is 0 Å². The van der Waals surface area contributed by atoms with Crippen LogP contribution in [0.1, 0.15) is 61.4 Å². The second-order valence-electron chi connectivity index (χ2n) is 8.23. The monoisotopic (exact) mass is 414 g/mol. The molecule has 4 nitrogen and oxygen atoms in total. The number of aryl methyl sites for hydroxylation is 3. The molecular weight excluding hydrogens is 388 g/mol. The molecule has 0 unspecified atom stereocenters. The molecule has 2 aliphatic carbocycles. The van der Waals surface area contributed by atoms with Crippen molar-refractivity contribution in [1.82, 2.24) is 0 Å². The van der Waals surface area contributed by atoms with Gasteiger partial charge in [0.2, 0.25) is 0 Å². The molecule has 0 amide bonds. The van der Waals surface area contributed by atoms with Gasteiger partial charge in [-0.2, -0.15) is 0 Å². The van der Waals surface area contributed by atoms with E-state index in [-0.39, 0.29) is 11.1 Å². The van der Waals surface area contributed by atoms with E-state index in [4.69, 9.17) is 10.2 Å². The topological polar surface area (TPSA) is 74.6 Å². The Bertz CT molecular complexity index is 1160. The summed E-state index contributed by atoms with van der Waals surface area (Å²) in [4.78, 5) is 21.1. The van der Waals surface area contributed by atoms with E-state index in [9.17, 15) is 9.59 Å². The van der Waals surface area contributed by atoms with Crippen LogP contribution in [0, 0.1) is 6.92 Å². The molecule has 0 saturated heterocycles. The van der Waals surface area contributed by atoms with Crippen LogP contribution in [0.25, 0.3) is 11.1 Å². The smallest absolute Gasteiger partial charge is 0.335 e. The van der Waals surface area contributed by atoms with E-state index < -0.39 is 11.9 Å². The molecule has 0 atom stereocenters. The lowest BCUT2D eigenvalue weighted by Gasteiger charge is -2.26. The first-order valence-electron chi connectivity index (χ1n) is 10.7. The highest BCUT2D eigenvalue weighted by atomic mass is 16.4. The van der Waals surface area contributed by atoms with Gasteiger partial charge in [-0.3, -0.25) is 0 Å². The van der Waals surface area contributed by atoms with Crippen LogP contribution in [0.15, 0.2) is 54.6 Å². The summed E-state index contributed by atoms with van der Waals surface area (Å²) in [6.45, 7) is 1.62. The van der Waals surface area contributed by atoms with Crippen molar-refractivity contribution in [2.75, 3.05) is 0 Å². The van der Waals surface area contributed by atoms with Crippen molar-refractivity contribution >= 4 is 11.9 Å². The molecule has 31 heavy (non-hydrogen) atoms. The maximum Gasteiger partial charge on any atom is 0.335 e. The summed E-state index contributed by atoms with van der Waals surface area (Å²) in [5.41, 5.74) is 10.1. The number of hydrogen-bond acceptors (Lipinski definition) is 2. The highest BCUT2D eigenvalue weighted by molar-refractivity contribution is 5.94. The van der Waals surface area contributed by atoms with Crippen molar-refractivity contribution in [2.45, 2.75) is 45.4 Å². The zero-order valence-corrected chi connectivity index (χ0v) is 17.6. The molecule has 0 saturated carbocycles. The van der Waals surface area contributed by atoms with Crippen LogP contribution in [-0.2, 0) is 25.7 Å². The SMILES string of the molecule is Cc1ccc(C(=O)O)cc1C(=O)O.c1ccc2c(c1)CCc1c-2ccc2c1CCCC2. The maximum atomic E-state index is 10.6. The Morgan fingerprint density at radius 2 is 1.48 bits per heavy atom. The van der Waals surface area contributed by atoms with Gasteiger partial charge in [0.1, 0.15) is 0 Å². The Kier molecular flexibility index (Phi) is 5.90. The van der Waals surface area contributed by atoms with Crippen LogP contribution < -0.4 is 0 Å². The zero-order valence-electron chi connectivity index (χ0n) is 17.6. The lowest BCUT2D eigenvalue weighted by Crippen LogP contribution is -2.12. The molecule has 0 spiro atoms. The fraction of sp³-hybridized carbons (Fsp3) is 0.259. The van der Waals surface area contributed by atoms with E-state index in [1.807, 2.05) is 0 Å². The van der Waals surface area contributed by atoms with Crippen molar-refractivity contribution < 1.29 is 19.8 Å². The van der Waals surface area contributed by atoms with Crippen LogP contribution in [0.3, 0.4) is 0 Å². The molecule has 0 aliphatic heterocycles. The molecule has 0 aromatic heterocycles. The van der Waals surface area contributed by atoms with Crippen molar-refractivity contribution in [3.8, 4) is 11.1 Å². The summed E-state index contributed by atoms with van der Waals surface area (Å²) >= 11 is 0. The van der Waals surface area contributed by atoms with Crippen molar-refractivity contribution in [3.05, 3.63) is 93.5 Å². The predicted molar refractivity (Wildman–Crippen MR) is 121 cm³/mol. The van der Waals surface area contributed by atoms with E-state index in [0.717, 1.165) is 6.07 Å². The molecule has 2 aliphatic rings. The first kappa shape index (κ1) is 20.9. The minimum atomic E-state index is -1.12. The van der Waals surface area contributed by atoms with E-state index in [1.165, 1.54) is 67.3 Å². The van der Waals surface area contributed by atoms with Crippen LogP contribution in [0.2, 0.25) is 0 Å². The molecule has 0 heterocycles. The van der Waals surface area contributed by atoms with Gasteiger partial charge in [-0.1, -0.05) is 42.5 Å². The third-order valence-electron chi connectivity index (χ3n) is 6.32. The van der Waals surface area contributed by atoms with E-state index in [2.05, 4.69) is 36.4 Å². The van der Waals surface area contributed by atoms with Crippen molar-refractivity contribution in [2.24, 2.45) is 0 Å². The lowest BCUT2D eigenvalue weighted by atomic mass is 9.78. The van der Waals surface area contributed by atoms with Gasteiger partial charge in [-0.05, 0) is 96.5 Å². The number of aromatic carboxylic acids is 2. The van der Waals surface area contributed by atoms with E-state index >= 15 is 0 Å². The van der Waals surface area contributed by atoms with Gasteiger partial charge in [0.25, 0.3) is 0 Å². The number of hydrogen-bond donors (Lipinski definition) is 2. The molecule has 4 heteroatoms. The minimum absolute atomic E-state index is 0.0111. The fourth-order valence-corrected chi connectivity index (χ4v) is 4.69.